The maximum Gasteiger partial charge on any atom is 0.318 e. The van der Waals surface area contributed by atoms with Crippen LogP contribution in [0.25, 0.3) is 0 Å². The molecule has 0 radical (unpaired) electrons. The number of aromatic nitrogens is 2. The van der Waals surface area contributed by atoms with E-state index in [1.165, 1.54) is 5.56 Å². The maximum atomic E-state index is 12.8. The van der Waals surface area contributed by atoms with Crippen LogP contribution in [0.1, 0.15) is 67.8 Å². The minimum absolute atomic E-state index is 0.0287. The summed E-state index contributed by atoms with van der Waals surface area (Å²) in [5.74, 6) is 1.88. The highest BCUT2D eigenvalue weighted by Gasteiger charge is 2.34. The summed E-state index contributed by atoms with van der Waals surface area (Å²) in [5.41, 5.74) is 1.23. The van der Waals surface area contributed by atoms with Crippen molar-refractivity contribution in [3.8, 4) is 0 Å². The summed E-state index contributed by atoms with van der Waals surface area (Å²) in [7, 11) is 0. The largest absolute Gasteiger partial charge is 0.338 e. The van der Waals surface area contributed by atoms with Crippen molar-refractivity contribution in [2.75, 3.05) is 13.1 Å². The third-order valence-electron chi connectivity index (χ3n) is 5.23. The zero-order chi connectivity index (χ0) is 17.8. The number of carbonyl (C=O) groups is 1. The molecule has 0 spiro atoms. The number of urea groups is 1. The molecule has 0 bridgehead atoms. The van der Waals surface area contributed by atoms with Gasteiger partial charge in [0.05, 0.1) is 0 Å². The Bertz CT molecular complexity index is 726. The van der Waals surface area contributed by atoms with E-state index in [9.17, 15) is 4.79 Å². The van der Waals surface area contributed by atoms with Crippen molar-refractivity contribution >= 4 is 6.03 Å². The van der Waals surface area contributed by atoms with Gasteiger partial charge in [0, 0.05) is 19.0 Å². The first-order chi connectivity index (χ1) is 12.8. The van der Waals surface area contributed by atoms with Crippen molar-refractivity contribution in [1.29, 1.82) is 0 Å². The number of nitrogens with one attached hydrogen (secondary N) is 1. The second kappa shape index (κ2) is 7.89. The van der Waals surface area contributed by atoms with Crippen molar-refractivity contribution in [3.05, 3.63) is 47.6 Å². The average molecular weight is 354 g/mol. The van der Waals surface area contributed by atoms with E-state index < -0.39 is 0 Å². The van der Waals surface area contributed by atoms with E-state index in [-0.39, 0.29) is 12.1 Å². The first kappa shape index (κ1) is 17.1. The van der Waals surface area contributed by atoms with Crippen LogP contribution in [-0.2, 0) is 6.42 Å². The summed E-state index contributed by atoms with van der Waals surface area (Å²) in [6.07, 6.45) is 7.25. The molecule has 138 valence electrons. The SMILES string of the molecule is O=C(NCCc1ccccc1)N1CCCCCC1c1nc(C2CC2)no1. The Labute approximate surface area is 154 Å². The third-order valence-corrected chi connectivity index (χ3v) is 5.23. The molecule has 1 aliphatic heterocycles. The van der Waals surface area contributed by atoms with Crippen LogP contribution in [0.15, 0.2) is 34.9 Å². The Morgan fingerprint density at radius 1 is 1.15 bits per heavy atom. The maximum absolute atomic E-state index is 12.8. The Morgan fingerprint density at radius 3 is 2.81 bits per heavy atom. The van der Waals surface area contributed by atoms with Gasteiger partial charge in [-0.05, 0) is 37.7 Å². The first-order valence-corrected chi connectivity index (χ1v) is 9.73. The van der Waals surface area contributed by atoms with Gasteiger partial charge in [0.1, 0.15) is 6.04 Å². The molecule has 1 N–H and O–H groups in total. The number of nitrogens with zero attached hydrogens (tertiary/aromatic N) is 3. The molecule has 1 aromatic heterocycles. The van der Waals surface area contributed by atoms with Gasteiger partial charge in [0.25, 0.3) is 0 Å². The predicted molar refractivity (Wildman–Crippen MR) is 97.7 cm³/mol. The van der Waals surface area contributed by atoms with Crippen LogP contribution in [0.3, 0.4) is 0 Å². The number of likely N-dealkylation sites (tertiary alicyclic amines) is 1. The van der Waals surface area contributed by atoms with Gasteiger partial charge in [0.15, 0.2) is 5.82 Å². The number of benzene rings is 1. The molecule has 1 unspecified atom stereocenters. The van der Waals surface area contributed by atoms with E-state index in [1.807, 2.05) is 23.1 Å². The van der Waals surface area contributed by atoms with Crippen LogP contribution in [-0.4, -0.2) is 34.2 Å². The van der Waals surface area contributed by atoms with Gasteiger partial charge >= 0.3 is 6.03 Å². The molecule has 1 aliphatic carbocycles. The Hall–Kier alpha value is -2.37. The smallest absolute Gasteiger partial charge is 0.318 e. The third kappa shape index (κ3) is 4.06. The lowest BCUT2D eigenvalue weighted by atomic mass is 10.1. The van der Waals surface area contributed by atoms with Crippen molar-refractivity contribution in [1.82, 2.24) is 20.4 Å². The molecule has 1 saturated heterocycles. The van der Waals surface area contributed by atoms with Crippen LogP contribution < -0.4 is 5.32 Å². The Morgan fingerprint density at radius 2 is 2.00 bits per heavy atom. The minimum Gasteiger partial charge on any atom is -0.338 e. The lowest BCUT2D eigenvalue weighted by molar-refractivity contribution is 0.159. The first-order valence-electron chi connectivity index (χ1n) is 9.73. The molecule has 1 atom stereocenters. The van der Waals surface area contributed by atoms with Gasteiger partial charge in [-0.25, -0.2) is 4.79 Å². The summed E-state index contributed by atoms with van der Waals surface area (Å²) >= 11 is 0. The summed E-state index contributed by atoms with van der Waals surface area (Å²) in [5, 5.41) is 7.20. The number of carbonyl (C=O) groups excluding carboxylic acids is 1. The quantitative estimate of drug-likeness (QED) is 0.886. The predicted octanol–water partition coefficient (Wildman–Crippen LogP) is 3.82. The number of rotatable bonds is 5. The van der Waals surface area contributed by atoms with Gasteiger partial charge in [0.2, 0.25) is 5.89 Å². The standard InChI is InChI=1S/C20H26N4O2/c25-20(21-13-12-15-7-3-1-4-8-15)24-14-6-2-5-9-17(24)19-22-18(23-26-19)16-10-11-16/h1,3-4,7-8,16-17H,2,5-6,9-14H2,(H,21,25). The highest BCUT2D eigenvalue weighted by Crippen LogP contribution is 2.39. The molecule has 2 heterocycles. The van der Waals surface area contributed by atoms with Gasteiger partial charge < -0.3 is 14.7 Å². The number of hydrogen-bond donors (Lipinski definition) is 1. The lowest BCUT2D eigenvalue weighted by Gasteiger charge is -2.27. The normalized spacial score (nSPS) is 20.6. The molecular weight excluding hydrogens is 328 g/mol. The summed E-state index contributed by atoms with van der Waals surface area (Å²) in [6, 6.07) is 10.1. The monoisotopic (exact) mass is 354 g/mol. The Kier molecular flexibility index (Phi) is 5.18. The van der Waals surface area contributed by atoms with Crippen LogP contribution in [0, 0.1) is 0 Å². The minimum atomic E-state index is -0.103. The lowest BCUT2D eigenvalue weighted by Crippen LogP contribution is -2.43. The van der Waals surface area contributed by atoms with E-state index >= 15 is 0 Å². The van der Waals surface area contributed by atoms with Crippen molar-refractivity contribution in [3.63, 3.8) is 0 Å². The summed E-state index contributed by atoms with van der Waals surface area (Å²) in [6.45, 7) is 1.37. The molecule has 6 heteroatoms. The number of hydrogen-bond acceptors (Lipinski definition) is 4. The molecular formula is C20H26N4O2. The highest BCUT2D eigenvalue weighted by atomic mass is 16.5. The fourth-order valence-corrected chi connectivity index (χ4v) is 3.56. The van der Waals surface area contributed by atoms with Crippen LogP contribution in [0.2, 0.25) is 0 Å². The molecule has 26 heavy (non-hydrogen) atoms. The van der Waals surface area contributed by atoms with E-state index in [0.29, 0.717) is 18.4 Å². The van der Waals surface area contributed by atoms with E-state index in [0.717, 1.165) is 57.3 Å². The van der Waals surface area contributed by atoms with E-state index in [4.69, 9.17) is 4.52 Å². The van der Waals surface area contributed by atoms with Crippen molar-refractivity contribution in [2.45, 2.75) is 56.9 Å². The van der Waals surface area contributed by atoms with Gasteiger partial charge in [-0.15, -0.1) is 0 Å². The number of amides is 2. The van der Waals surface area contributed by atoms with E-state index in [1.54, 1.807) is 0 Å². The molecule has 1 saturated carbocycles. The van der Waals surface area contributed by atoms with Crippen LogP contribution >= 0.6 is 0 Å². The van der Waals surface area contributed by atoms with Crippen molar-refractivity contribution in [2.24, 2.45) is 0 Å². The Balaban J connectivity index is 1.39. The molecule has 2 aromatic rings. The molecule has 1 aromatic carbocycles. The second-order valence-corrected chi connectivity index (χ2v) is 7.29. The topological polar surface area (TPSA) is 71.3 Å². The van der Waals surface area contributed by atoms with Crippen molar-refractivity contribution < 1.29 is 9.32 Å². The summed E-state index contributed by atoms with van der Waals surface area (Å²) < 4.78 is 5.53. The molecule has 2 aliphatic rings. The highest BCUT2D eigenvalue weighted by molar-refractivity contribution is 5.74. The van der Waals surface area contributed by atoms with E-state index in [2.05, 4.69) is 27.6 Å². The molecule has 4 rings (SSSR count). The van der Waals surface area contributed by atoms with Crippen LogP contribution in [0.4, 0.5) is 4.79 Å². The zero-order valence-corrected chi connectivity index (χ0v) is 15.1. The fourth-order valence-electron chi connectivity index (χ4n) is 3.56. The second-order valence-electron chi connectivity index (χ2n) is 7.29. The van der Waals surface area contributed by atoms with Crippen LogP contribution in [0.5, 0.6) is 0 Å². The average Bonchev–Trinajstić information content (AvgIpc) is 3.45. The van der Waals surface area contributed by atoms with Gasteiger partial charge in [-0.3, -0.25) is 0 Å². The van der Waals surface area contributed by atoms with Gasteiger partial charge in [-0.2, -0.15) is 4.98 Å². The molecule has 2 fully saturated rings. The summed E-state index contributed by atoms with van der Waals surface area (Å²) in [4.78, 5) is 19.3. The molecule has 2 amide bonds. The zero-order valence-electron chi connectivity index (χ0n) is 15.1. The molecule has 6 nitrogen and oxygen atoms in total. The fraction of sp³-hybridized carbons (Fsp3) is 0.550. The van der Waals surface area contributed by atoms with Gasteiger partial charge in [-0.1, -0.05) is 48.3 Å².